The van der Waals surface area contributed by atoms with Gasteiger partial charge in [0.1, 0.15) is 6.42 Å². The van der Waals surface area contributed by atoms with Gasteiger partial charge in [-0.15, -0.1) is 0 Å². The monoisotopic (exact) mass is 228 g/mol. The van der Waals surface area contributed by atoms with Crippen molar-refractivity contribution in [2.75, 3.05) is 26.3 Å². The van der Waals surface area contributed by atoms with E-state index in [0.717, 1.165) is 6.42 Å². The maximum absolute atomic E-state index is 11.7. The van der Waals surface area contributed by atoms with Crippen LogP contribution in [0, 0.1) is 0 Å². The Morgan fingerprint density at radius 3 is 2.56 bits per heavy atom. The van der Waals surface area contributed by atoms with Gasteiger partial charge in [-0.25, -0.2) is 0 Å². The summed E-state index contributed by atoms with van der Waals surface area (Å²) in [6, 6.07) is 0.130. The number of nitrogens with zero attached hydrogens (tertiary/aromatic N) is 1. The van der Waals surface area contributed by atoms with Crippen LogP contribution in [0.25, 0.3) is 0 Å². The highest BCUT2D eigenvalue weighted by atomic mass is 16.5. The van der Waals surface area contributed by atoms with E-state index in [1.807, 2.05) is 13.8 Å². The zero-order chi connectivity index (χ0) is 12.0. The number of carbonyl (C=O) groups is 2. The lowest BCUT2D eigenvalue weighted by atomic mass is 10.2. The Hall–Kier alpha value is -1.10. The molecule has 0 aromatic heterocycles. The van der Waals surface area contributed by atoms with Gasteiger partial charge in [0.25, 0.3) is 0 Å². The molecule has 2 amide bonds. The molecule has 1 aliphatic rings. The smallest absolute Gasteiger partial charge is 0.232 e. The van der Waals surface area contributed by atoms with Gasteiger partial charge >= 0.3 is 0 Å². The molecule has 0 radical (unpaired) electrons. The third kappa shape index (κ3) is 4.18. The Morgan fingerprint density at radius 2 is 2.00 bits per heavy atom. The van der Waals surface area contributed by atoms with E-state index in [2.05, 4.69) is 5.32 Å². The van der Waals surface area contributed by atoms with Gasteiger partial charge in [-0.3, -0.25) is 9.59 Å². The number of morpholine rings is 1. The molecule has 0 aromatic rings. The second-order valence-electron chi connectivity index (χ2n) is 4.05. The predicted molar refractivity (Wildman–Crippen MR) is 59.9 cm³/mol. The molecule has 5 heteroatoms. The molecule has 0 aromatic carbocycles. The molecule has 1 heterocycles. The molecule has 1 N–H and O–H groups in total. The highest BCUT2D eigenvalue weighted by Crippen LogP contribution is 2.00. The van der Waals surface area contributed by atoms with Crippen LogP contribution in [0.3, 0.4) is 0 Å². The average Bonchev–Trinajstić information content (AvgIpc) is 2.29. The number of rotatable bonds is 4. The molecule has 0 aliphatic carbocycles. The van der Waals surface area contributed by atoms with Gasteiger partial charge in [0, 0.05) is 19.1 Å². The summed E-state index contributed by atoms with van der Waals surface area (Å²) in [5, 5.41) is 2.78. The molecule has 1 fully saturated rings. The average molecular weight is 228 g/mol. The van der Waals surface area contributed by atoms with Crippen molar-refractivity contribution < 1.29 is 14.3 Å². The van der Waals surface area contributed by atoms with Crippen LogP contribution in [-0.4, -0.2) is 49.1 Å². The highest BCUT2D eigenvalue weighted by Gasteiger charge is 2.19. The normalized spacial score (nSPS) is 18.0. The lowest BCUT2D eigenvalue weighted by molar-refractivity contribution is -0.139. The summed E-state index contributed by atoms with van der Waals surface area (Å²) in [4.78, 5) is 24.8. The zero-order valence-corrected chi connectivity index (χ0v) is 9.99. The summed E-state index contributed by atoms with van der Waals surface area (Å²) < 4.78 is 5.14. The lowest BCUT2D eigenvalue weighted by Gasteiger charge is -2.26. The van der Waals surface area contributed by atoms with E-state index >= 15 is 0 Å². The standard InChI is InChI=1S/C11H20N2O3/c1-3-9(2)12-10(14)8-11(15)13-4-6-16-7-5-13/h9H,3-8H2,1-2H3,(H,12,14). The Morgan fingerprint density at radius 1 is 1.38 bits per heavy atom. The fourth-order valence-electron chi connectivity index (χ4n) is 1.49. The molecule has 1 unspecified atom stereocenters. The summed E-state index contributed by atoms with van der Waals surface area (Å²) in [6.45, 7) is 6.24. The van der Waals surface area contributed by atoms with Crippen molar-refractivity contribution >= 4 is 11.8 Å². The fraction of sp³-hybridized carbons (Fsp3) is 0.818. The van der Waals surface area contributed by atoms with E-state index in [1.165, 1.54) is 0 Å². The van der Waals surface area contributed by atoms with Gasteiger partial charge in [0.05, 0.1) is 13.2 Å². The Balaban J connectivity index is 2.29. The van der Waals surface area contributed by atoms with Crippen molar-refractivity contribution in [1.82, 2.24) is 10.2 Å². The molecule has 5 nitrogen and oxygen atoms in total. The molecule has 0 saturated carbocycles. The fourth-order valence-corrected chi connectivity index (χ4v) is 1.49. The largest absolute Gasteiger partial charge is 0.378 e. The van der Waals surface area contributed by atoms with Crippen LogP contribution in [0.1, 0.15) is 26.7 Å². The van der Waals surface area contributed by atoms with Crippen LogP contribution in [0.15, 0.2) is 0 Å². The maximum Gasteiger partial charge on any atom is 0.232 e. The number of amides is 2. The molecular weight excluding hydrogens is 208 g/mol. The Bertz CT molecular complexity index is 250. The van der Waals surface area contributed by atoms with Crippen LogP contribution in [-0.2, 0) is 14.3 Å². The number of carbonyl (C=O) groups excluding carboxylic acids is 2. The molecule has 1 saturated heterocycles. The summed E-state index contributed by atoms with van der Waals surface area (Å²) in [5.74, 6) is -0.296. The van der Waals surface area contributed by atoms with Crippen LogP contribution in [0.4, 0.5) is 0 Å². The van der Waals surface area contributed by atoms with E-state index in [4.69, 9.17) is 4.74 Å². The molecule has 1 atom stereocenters. The van der Waals surface area contributed by atoms with Gasteiger partial charge in [0.15, 0.2) is 0 Å². The number of hydrogen-bond donors (Lipinski definition) is 1. The Labute approximate surface area is 96.1 Å². The summed E-state index contributed by atoms with van der Waals surface area (Å²) in [7, 11) is 0. The minimum atomic E-state index is -0.189. The van der Waals surface area contributed by atoms with E-state index in [-0.39, 0.29) is 24.3 Å². The molecule has 92 valence electrons. The first-order valence-corrected chi connectivity index (χ1v) is 5.78. The van der Waals surface area contributed by atoms with Crippen molar-refractivity contribution in [3.05, 3.63) is 0 Å². The summed E-state index contributed by atoms with van der Waals surface area (Å²) in [5.41, 5.74) is 0. The van der Waals surface area contributed by atoms with Crippen molar-refractivity contribution in [2.24, 2.45) is 0 Å². The first-order chi connectivity index (χ1) is 7.63. The van der Waals surface area contributed by atoms with Crippen LogP contribution >= 0.6 is 0 Å². The maximum atomic E-state index is 11.7. The van der Waals surface area contributed by atoms with Crippen LogP contribution < -0.4 is 5.32 Å². The van der Waals surface area contributed by atoms with E-state index < -0.39 is 0 Å². The predicted octanol–water partition coefficient (Wildman–Crippen LogP) is 0.150. The van der Waals surface area contributed by atoms with E-state index in [9.17, 15) is 9.59 Å². The van der Waals surface area contributed by atoms with Gasteiger partial charge in [-0.05, 0) is 13.3 Å². The minimum absolute atomic E-state index is 0.0513. The Kier molecular flexibility index (Phi) is 5.25. The summed E-state index contributed by atoms with van der Waals surface area (Å²) in [6.07, 6.45) is 0.821. The molecule has 0 spiro atoms. The highest BCUT2D eigenvalue weighted by molar-refractivity contribution is 5.97. The first kappa shape index (κ1) is 13.0. The third-order valence-corrected chi connectivity index (χ3v) is 2.70. The first-order valence-electron chi connectivity index (χ1n) is 5.78. The van der Waals surface area contributed by atoms with E-state index in [0.29, 0.717) is 26.3 Å². The minimum Gasteiger partial charge on any atom is -0.378 e. The summed E-state index contributed by atoms with van der Waals surface area (Å²) >= 11 is 0. The molecule has 0 bridgehead atoms. The lowest BCUT2D eigenvalue weighted by Crippen LogP contribution is -2.43. The molecule has 16 heavy (non-hydrogen) atoms. The van der Waals surface area contributed by atoms with Crippen molar-refractivity contribution in [2.45, 2.75) is 32.7 Å². The van der Waals surface area contributed by atoms with Gasteiger partial charge < -0.3 is 15.0 Å². The van der Waals surface area contributed by atoms with Gasteiger partial charge in [0.2, 0.25) is 11.8 Å². The van der Waals surface area contributed by atoms with Crippen molar-refractivity contribution in [3.63, 3.8) is 0 Å². The number of nitrogens with one attached hydrogen (secondary N) is 1. The third-order valence-electron chi connectivity index (χ3n) is 2.70. The molecule has 1 aliphatic heterocycles. The molecule has 1 rings (SSSR count). The van der Waals surface area contributed by atoms with Crippen LogP contribution in [0.2, 0.25) is 0 Å². The quantitative estimate of drug-likeness (QED) is 0.697. The van der Waals surface area contributed by atoms with Crippen molar-refractivity contribution in [3.8, 4) is 0 Å². The van der Waals surface area contributed by atoms with Gasteiger partial charge in [-0.1, -0.05) is 6.92 Å². The van der Waals surface area contributed by atoms with Gasteiger partial charge in [-0.2, -0.15) is 0 Å². The van der Waals surface area contributed by atoms with Crippen LogP contribution in [0.5, 0.6) is 0 Å². The topological polar surface area (TPSA) is 58.6 Å². The second kappa shape index (κ2) is 6.48. The van der Waals surface area contributed by atoms with Crippen molar-refractivity contribution in [1.29, 1.82) is 0 Å². The van der Waals surface area contributed by atoms with E-state index in [1.54, 1.807) is 4.90 Å². The number of hydrogen-bond acceptors (Lipinski definition) is 3. The second-order valence-corrected chi connectivity index (χ2v) is 4.05. The molecular formula is C11H20N2O3. The SMILES string of the molecule is CCC(C)NC(=O)CC(=O)N1CCOCC1. The number of ether oxygens (including phenoxy) is 1. The zero-order valence-electron chi connectivity index (χ0n) is 9.99.